The van der Waals surface area contributed by atoms with Crippen LogP contribution in [-0.4, -0.2) is 31.8 Å². The van der Waals surface area contributed by atoms with Crippen LogP contribution in [0.4, 0.5) is 0 Å². The first-order valence-corrected chi connectivity index (χ1v) is 5.32. The van der Waals surface area contributed by atoms with Crippen molar-refractivity contribution in [3.63, 3.8) is 0 Å². The Morgan fingerprint density at radius 2 is 2.11 bits per heavy atom. The maximum atomic E-state index is 9.57. The molecule has 0 saturated heterocycles. The predicted octanol–water partition coefficient (Wildman–Crippen LogP) is 1.51. The van der Waals surface area contributed by atoms with Gasteiger partial charge < -0.3 is 9.84 Å². The molecule has 6 heteroatoms. The van der Waals surface area contributed by atoms with E-state index in [1.165, 1.54) is 7.11 Å². The van der Waals surface area contributed by atoms with E-state index < -0.39 is 0 Å². The first kappa shape index (κ1) is 10.5. The molecule has 0 radical (unpaired) electrons. The first-order chi connectivity index (χ1) is 8.79. The van der Waals surface area contributed by atoms with Crippen LogP contribution in [0.5, 0.6) is 11.5 Å². The Hall–Kier alpha value is -2.63. The molecule has 1 aromatic carbocycles. The number of phenols is 1. The number of ether oxygens (including phenoxy) is 1. The Bertz CT molecular complexity index is 708. The first-order valence-electron chi connectivity index (χ1n) is 5.32. The van der Waals surface area contributed by atoms with Crippen LogP contribution in [0.15, 0.2) is 36.8 Å². The number of hydrogen-bond donors (Lipinski definition) is 1. The van der Waals surface area contributed by atoms with Crippen molar-refractivity contribution in [1.82, 2.24) is 19.6 Å². The minimum atomic E-state index is 0.0909. The topological polar surface area (TPSA) is 72.5 Å². The third-order valence-corrected chi connectivity index (χ3v) is 2.65. The molecule has 2 aromatic heterocycles. The predicted molar refractivity (Wildman–Crippen MR) is 64.4 cm³/mol. The van der Waals surface area contributed by atoms with Gasteiger partial charge in [-0.05, 0) is 18.2 Å². The standard InChI is InChI=1S/C12H10N4O2/c1-18-10-6-8(2-3-9(10)17)12-15-14-11-4-5-13-7-16(11)12/h2-7,17H,1H3. The van der Waals surface area contributed by atoms with E-state index in [0.717, 1.165) is 5.56 Å². The zero-order chi connectivity index (χ0) is 12.5. The maximum Gasteiger partial charge on any atom is 0.169 e. The van der Waals surface area contributed by atoms with Crippen LogP contribution < -0.4 is 4.74 Å². The normalized spacial score (nSPS) is 10.7. The second kappa shape index (κ2) is 3.99. The number of phenolic OH excluding ortho intramolecular Hbond substituents is 1. The highest BCUT2D eigenvalue weighted by Gasteiger charge is 2.10. The number of fused-ring (bicyclic) bond motifs is 1. The largest absolute Gasteiger partial charge is 0.504 e. The van der Waals surface area contributed by atoms with Crippen molar-refractivity contribution in [2.24, 2.45) is 0 Å². The van der Waals surface area contributed by atoms with Gasteiger partial charge in [-0.1, -0.05) is 0 Å². The minimum absolute atomic E-state index is 0.0909. The van der Waals surface area contributed by atoms with Crippen molar-refractivity contribution in [3.8, 4) is 22.9 Å². The summed E-state index contributed by atoms with van der Waals surface area (Å²) < 4.78 is 6.84. The van der Waals surface area contributed by atoms with Gasteiger partial charge in [0.15, 0.2) is 23.0 Å². The van der Waals surface area contributed by atoms with E-state index in [-0.39, 0.29) is 5.75 Å². The zero-order valence-electron chi connectivity index (χ0n) is 9.61. The average Bonchev–Trinajstić information content (AvgIpc) is 2.83. The van der Waals surface area contributed by atoms with Crippen LogP contribution in [0.3, 0.4) is 0 Å². The highest BCUT2D eigenvalue weighted by Crippen LogP contribution is 2.30. The second-order valence-corrected chi connectivity index (χ2v) is 3.72. The van der Waals surface area contributed by atoms with Gasteiger partial charge in [0.2, 0.25) is 0 Å². The van der Waals surface area contributed by atoms with Crippen LogP contribution in [-0.2, 0) is 0 Å². The van der Waals surface area contributed by atoms with Gasteiger partial charge in [0.05, 0.1) is 7.11 Å². The molecule has 0 bridgehead atoms. The van der Waals surface area contributed by atoms with Crippen molar-refractivity contribution >= 4 is 5.65 Å². The van der Waals surface area contributed by atoms with Crippen molar-refractivity contribution < 1.29 is 9.84 Å². The molecule has 0 atom stereocenters. The van der Waals surface area contributed by atoms with Crippen molar-refractivity contribution in [2.45, 2.75) is 0 Å². The lowest BCUT2D eigenvalue weighted by molar-refractivity contribution is 0.373. The van der Waals surface area contributed by atoms with Gasteiger partial charge in [0.25, 0.3) is 0 Å². The lowest BCUT2D eigenvalue weighted by atomic mass is 10.2. The Labute approximate surface area is 103 Å². The second-order valence-electron chi connectivity index (χ2n) is 3.72. The third-order valence-electron chi connectivity index (χ3n) is 2.65. The van der Waals surface area contributed by atoms with Gasteiger partial charge in [0.1, 0.15) is 6.33 Å². The van der Waals surface area contributed by atoms with Gasteiger partial charge >= 0.3 is 0 Å². The molecule has 0 spiro atoms. The zero-order valence-corrected chi connectivity index (χ0v) is 9.61. The Kier molecular flexibility index (Phi) is 2.33. The molecule has 0 unspecified atom stereocenters. The van der Waals surface area contributed by atoms with E-state index in [9.17, 15) is 5.11 Å². The summed E-state index contributed by atoms with van der Waals surface area (Å²) >= 11 is 0. The van der Waals surface area contributed by atoms with Gasteiger partial charge in [-0.2, -0.15) is 0 Å². The number of methoxy groups -OCH3 is 1. The number of hydrogen-bond acceptors (Lipinski definition) is 5. The van der Waals surface area contributed by atoms with Gasteiger partial charge in [-0.25, -0.2) is 4.98 Å². The lowest BCUT2D eigenvalue weighted by Crippen LogP contribution is -1.91. The quantitative estimate of drug-likeness (QED) is 0.737. The molecule has 3 aromatic rings. The van der Waals surface area contributed by atoms with Crippen LogP contribution in [0.2, 0.25) is 0 Å². The molecule has 0 fully saturated rings. The summed E-state index contributed by atoms with van der Waals surface area (Å²) in [6, 6.07) is 6.79. The van der Waals surface area contributed by atoms with E-state index in [4.69, 9.17) is 4.74 Å². The van der Waals surface area contributed by atoms with E-state index in [1.54, 1.807) is 41.2 Å². The third kappa shape index (κ3) is 1.55. The van der Waals surface area contributed by atoms with Gasteiger partial charge in [0, 0.05) is 17.8 Å². The van der Waals surface area contributed by atoms with Crippen LogP contribution in [0, 0.1) is 0 Å². The van der Waals surface area contributed by atoms with E-state index in [0.29, 0.717) is 17.2 Å². The fraction of sp³-hybridized carbons (Fsp3) is 0.0833. The SMILES string of the molecule is COc1cc(-c2nnc3ccncn23)ccc1O. The summed E-state index contributed by atoms with van der Waals surface area (Å²) in [6.07, 6.45) is 3.30. The molecular formula is C12H10N4O2. The average molecular weight is 242 g/mol. The fourth-order valence-electron chi connectivity index (χ4n) is 1.76. The molecule has 6 nitrogen and oxygen atoms in total. The monoisotopic (exact) mass is 242 g/mol. The Morgan fingerprint density at radius 1 is 1.22 bits per heavy atom. The van der Waals surface area contributed by atoms with E-state index >= 15 is 0 Å². The summed E-state index contributed by atoms with van der Waals surface area (Å²) in [6.45, 7) is 0. The summed E-state index contributed by atoms with van der Waals surface area (Å²) in [5.74, 6) is 1.14. The number of rotatable bonds is 2. The lowest BCUT2D eigenvalue weighted by Gasteiger charge is -2.05. The summed E-state index contributed by atoms with van der Waals surface area (Å²) in [5, 5.41) is 17.7. The van der Waals surface area contributed by atoms with Crippen molar-refractivity contribution in [1.29, 1.82) is 0 Å². The molecule has 3 rings (SSSR count). The molecule has 0 aliphatic rings. The summed E-state index contributed by atoms with van der Waals surface area (Å²) in [5.41, 5.74) is 1.51. The fourth-order valence-corrected chi connectivity index (χ4v) is 1.76. The summed E-state index contributed by atoms with van der Waals surface area (Å²) in [7, 11) is 1.50. The smallest absolute Gasteiger partial charge is 0.169 e. The van der Waals surface area contributed by atoms with Gasteiger partial charge in [-0.3, -0.25) is 4.40 Å². The van der Waals surface area contributed by atoms with Crippen LogP contribution in [0.1, 0.15) is 0 Å². The Morgan fingerprint density at radius 3 is 2.94 bits per heavy atom. The molecule has 1 N–H and O–H groups in total. The van der Waals surface area contributed by atoms with Crippen molar-refractivity contribution in [2.75, 3.05) is 7.11 Å². The Balaban J connectivity index is 2.20. The molecule has 0 amide bonds. The van der Waals surface area contributed by atoms with Crippen molar-refractivity contribution in [3.05, 3.63) is 36.8 Å². The highest BCUT2D eigenvalue weighted by molar-refractivity contribution is 5.63. The van der Waals surface area contributed by atoms with E-state index in [2.05, 4.69) is 15.2 Å². The molecule has 0 aliphatic heterocycles. The number of benzene rings is 1. The molecule has 18 heavy (non-hydrogen) atoms. The molecule has 90 valence electrons. The van der Waals surface area contributed by atoms with Crippen LogP contribution >= 0.6 is 0 Å². The molecular weight excluding hydrogens is 232 g/mol. The summed E-state index contributed by atoms with van der Waals surface area (Å²) in [4.78, 5) is 4.03. The highest BCUT2D eigenvalue weighted by atomic mass is 16.5. The molecule has 0 saturated carbocycles. The maximum absolute atomic E-state index is 9.57. The molecule has 0 aliphatic carbocycles. The van der Waals surface area contributed by atoms with Gasteiger partial charge in [-0.15, -0.1) is 10.2 Å². The number of aromatic hydroxyl groups is 1. The molecule has 2 heterocycles. The minimum Gasteiger partial charge on any atom is -0.504 e. The number of nitrogens with zero attached hydrogens (tertiary/aromatic N) is 4. The number of aromatic nitrogens is 4. The van der Waals surface area contributed by atoms with Crippen LogP contribution in [0.25, 0.3) is 17.0 Å². The van der Waals surface area contributed by atoms with E-state index in [1.807, 2.05) is 0 Å².